The normalized spacial score (nSPS) is 15.5. The van der Waals surface area contributed by atoms with Crippen LogP contribution < -0.4 is 5.32 Å². The van der Waals surface area contributed by atoms with Crippen molar-refractivity contribution in [3.63, 3.8) is 0 Å². The molecule has 2 aromatic rings. The van der Waals surface area contributed by atoms with Gasteiger partial charge in [0.15, 0.2) is 0 Å². The molecular weight excluding hydrogens is 384 g/mol. The Balaban J connectivity index is 1.75. The van der Waals surface area contributed by atoms with Crippen molar-refractivity contribution in [3.05, 3.63) is 70.7 Å². The number of halogens is 1. The van der Waals surface area contributed by atoms with Crippen LogP contribution in [-0.4, -0.2) is 28.8 Å². The van der Waals surface area contributed by atoms with Gasteiger partial charge in [-0.15, -0.1) is 0 Å². The summed E-state index contributed by atoms with van der Waals surface area (Å²) >= 11 is 6.25. The van der Waals surface area contributed by atoms with Crippen LogP contribution >= 0.6 is 11.6 Å². The minimum absolute atomic E-state index is 0.0830. The summed E-state index contributed by atoms with van der Waals surface area (Å²) in [5.41, 5.74) is 1.77. The van der Waals surface area contributed by atoms with E-state index >= 15 is 0 Å². The monoisotopic (exact) mass is 412 g/mol. The maximum Gasteiger partial charge on any atom is 0.242 e. The molecule has 1 atom stereocenters. The summed E-state index contributed by atoms with van der Waals surface area (Å²) in [6.07, 6.45) is 5.75. The minimum Gasteiger partial charge on any atom is -0.352 e. The fraction of sp³-hybridized carbons (Fsp3) is 0.417. The van der Waals surface area contributed by atoms with Crippen molar-refractivity contribution in [2.75, 3.05) is 0 Å². The Morgan fingerprint density at radius 3 is 2.38 bits per heavy atom. The molecule has 0 aromatic heterocycles. The predicted octanol–water partition coefficient (Wildman–Crippen LogP) is 4.75. The van der Waals surface area contributed by atoms with E-state index in [9.17, 15) is 9.59 Å². The van der Waals surface area contributed by atoms with Crippen LogP contribution in [0.3, 0.4) is 0 Å². The van der Waals surface area contributed by atoms with Gasteiger partial charge in [-0.3, -0.25) is 9.59 Å². The molecule has 2 amide bonds. The lowest BCUT2D eigenvalue weighted by atomic mass is 9.95. The number of carbonyl (C=O) groups is 2. The summed E-state index contributed by atoms with van der Waals surface area (Å²) in [5, 5.41) is 3.73. The van der Waals surface area contributed by atoms with Crippen LogP contribution in [0.15, 0.2) is 54.6 Å². The molecule has 3 rings (SSSR count). The van der Waals surface area contributed by atoms with Crippen molar-refractivity contribution in [1.82, 2.24) is 10.2 Å². The number of amides is 2. The van der Waals surface area contributed by atoms with E-state index in [2.05, 4.69) is 5.32 Å². The molecule has 4 nitrogen and oxygen atoms in total. The van der Waals surface area contributed by atoms with Crippen LogP contribution in [0, 0.1) is 0 Å². The smallest absolute Gasteiger partial charge is 0.242 e. The highest BCUT2D eigenvalue weighted by Crippen LogP contribution is 2.20. The average Bonchev–Trinajstić information content (AvgIpc) is 2.74. The van der Waals surface area contributed by atoms with Gasteiger partial charge in [0, 0.05) is 17.6 Å². The van der Waals surface area contributed by atoms with Crippen LogP contribution in [0.5, 0.6) is 0 Å². The number of rotatable bonds is 7. The third kappa shape index (κ3) is 6.07. The van der Waals surface area contributed by atoms with E-state index in [-0.39, 0.29) is 24.3 Å². The molecule has 1 N–H and O–H groups in total. The first-order valence-electron chi connectivity index (χ1n) is 10.4. The van der Waals surface area contributed by atoms with Gasteiger partial charge in [-0.05, 0) is 37.0 Å². The third-order valence-electron chi connectivity index (χ3n) is 5.61. The molecule has 0 aliphatic heterocycles. The SMILES string of the molecule is C[C@@H](C(=O)NC1CCCCC1)N(Cc1ccccc1)C(=O)Cc1ccccc1Cl. The second kappa shape index (κ2) is 10.4. The van der Waals surface area contributed by atoms with Gasteiger partial charge >= 0.3 is 0 Å². The Labute approximate surface area is 178 Å². The zero-order valence-electron chi connectivity index (χ0n) is 16.9. The fourth-order valence-electron chi connectivity index (χ4n) is 3.84. The molecular formula is C24H29ClN2O2. The third-order valence-corrected chi connectivity index (χ3v) is 5.98. The van der Waals surface area contributed by atoms with Crippen molar-refractivity contribution in [2.24, 2.45) is 0 Å². The summed E-state index contributed by atoms with van der Waals surface area (Å²) in [4.78, 5) is 27.8. The predicted molar refractivity (Wildman–Crippen MR) is 117 cm³/mol. The summed E-state index contributed by atoms with van der Waals surface area (Å²) in [6.45, 7) is 2.20. The lowest BCUT2D eigenvalue weighted by molar-refractivity contribution is -0.140. The van der Waals surface area contributed by atoms with Crippen LogP contribution in [0.2, 0.25) is 5.02 Å². The molecule has 1 fully saturated rings. The summed E-state index contributed by atoms with van der Waals surface area (Å²) < 4.78 is 0. The van der Waals surface area contributed by atoms with Crippen LogP contribution in [-0.2, 0) is 22.6 Å². The van der Waals surface area contributed by atoms with E-state index in [0.29, 0.717) is 11.6 Å². The number of hydrogen-bond acceptors (Lipinski definition) is 2. The van der Waals surface area contributed by atoms with Gasteiger partial charge in [-0.25, -0.2) is 0 Å². The second-order valence-corrected chi connectivity index (χ2v) is 8.20. The molecule has 1 saturated carbocycles. The van der Waals surface area contributed by atoms with Gasteiger partial charge in [0.2, 0.25) is 11.8 Å². The zero-order valence-corrected chi connectivity index (χ0v) is 17.7. The maximum absolute atomic E-state index is 13.2. The Bertz CT molecular complexity index is 819. The first kappa shape index (κ1) is 21.4. The van der Waals surface area contributed by atoms with Gasteiger partial charge in [0.1, 0.15) is 6.04 Å². The first-order valence-corrected chi connectivity index (χ1v) is 10.8. The highest BCUT2D eigenvalue weighted by molar-refractivity contribution is 6.31. The van der Waals surface area contributed by atoms with E-state index in [1.54, 1.807) is 11.0 Å². The van der Waals surface area contributed by atoms with Gasteiger partial charge in [-0.1, -0.05) is 79.4 Å². The van der Waals surface area contributed by atoms with Crippen molar-refractivity contribution in [3.8, 4) is 0 Å². The minimum atomic E-state index is -0.549. The van der Waals surface area contributed by atoms with Crippen LogP contribution in [0.4, 0.5) is 0 Å². The molecule has 5 heteroatoms. The topological polar surface area (TPSA) is 49.4 Å². The van der Waals surface area contributed by atoms with E-state index in [0.717, 1.165) is 36.8 Å². The second-order valence-electron chi connectivity index (χ2n) is 7.79. The molecule has 0 bridgehead atoms. The number of nitrogens with zero attached hydrogens (tertiary/aromatic N) is 1. The van der Waals surface area contributed by atoms with E-state index in [1.807, 2.05) is 55.5 Å². The molecule has 1 aliphatic rings. The van der Waals surface area contributed by atoms with E-state index in [4.69, 9.17) is 11.6 Å². The maximum atomic E-state index is 13.2. The molecule has 0 spiro atoms. The molecule has 0 saturated heterocycles. The summed E-state index contributed by atoms with van der Waals surface area (Å²) in [5.74, 6) is -0.186. The number of nitrogens with one attached hydrogen (secondary N) is 1. The Morgan fingerprint density at radius 2 is 1.69 bits per heavy atom. The van der Waals surface area contributed by atoms with Crippen LogP contribution in [0.25, 0.3) is 0 Å². The standard InChI is InChI=1S/C24H29ClN2O2/c1-18(24(29)26-21-13-6-3-7-14-21)27(17-19-10-4-2-5-11-19)23(28)16-20-12-8-9-15-22(20)25/h2,4-5,8-12,15,18,21H,3,6-7,13-14,16-17H2,1H3,(H,26,29)/t18-/m0/s1. The Kier molecular flexibility index (Phi) is 7.70. The van der Waals surface area contributed by atoms with Gasteiger partial charge in [0.25, 0.3) is 0 Å². The molecule has 2 aromatic carbocycles. The lowest BCUT2D eigenvalue weighted by Crippen LogP contribution is -2.50. The molecule has 0 heterocycles. The highest BCUT2D eigenvalue weighted by atomic mass is 35.5. The largest absolute Gasteiger partial charge is 0.352 e. The summed E-state index contributed by atoms with van der Waals surface area (Å²) in [6, 6.07) is 16.8. The van der Waals surface area contributed by atoms with Crippen molar-refractivity contribution in [1.29, 1.82) is 0 Å². The van der Waals surface area contributed by atoms with Gasteiger partial charge < -0.3 is 10.2 Å². The number of hydrogen-bond donors (Lipinski definition) is 1. The summed E-state index contributed by atoms with van der Waals surface area (Å²) in [7, 11) is 0. The Hall–Kier alpha value is -2.33. The molecule has 154 valence electrons. The Morgan fingerprint density at radius 1 is 1.03 bits per heavy atom. The molecule has 1 aliphatic carbocycles. The van der Waals surface area contributed by atoms with Gasteiger partial charge in [0.05, 0.1) is 6.42 Å². The highest BCUT2D eigenvalue weighted by Gasteiger charge is 2.28. The van der Waals surface area contributed by atoms with Crippen molar-refractivity contribution >= 4 is 23.4 Å². The van der Waals surface area contributed by atoms with Gasteiger partial charge in [-0.2, -0.15) is 0 Å². The molecule has 0 radical (unpaired) electrons. The van der Waals surface area contributed by atoms with Crippen molar-refractivity contribution in [2.45, 2.75) is 64.1 Å². The van der Waals surface area contributed by atoms with E-state index in [1.165, 1.54) is 6.42 Å². The number of carbonyl (C=O) groups excluding carboxylic acids is 2. The van der Waals surface area contributed by atoms with Crippen LogP contribution in [0.1, 0.15) is 50.2 Å². The van der Waals surface area contributed by atoms with E-state index < -0.39 is 6.04 Å². The zero-order chi connectivity index (χ0) is 20.6. The molecule has 0 unspecified atom stereocenters. The quantitative estimate of drug-likeness (QED) is 0.713. The lowest BCUT2D eigenvalue weighted by Gasteiger charge is -2.31. The number of benzene rings is 2. The van der Waals surface area contributed by atoms with Crippen molar-refractivity contribution < 1.29 is 9.59 Å². The fourth-order valence-corrected chi connectivity index (χ4v) is 4.04. The average molecular weight is 413 g/mol. The first-order chi connectivity index (χ1) is 14.0. The molecule has 29 heavy (non-hydrogen) atoms.